The Labute approximate surface area is 180 Å². The van der Waals surface area contributed by atoms with Crippen molar-refractivity contribution < 1.29 is 14.3 Å². The van der Waals surface area contributed by atoms with Crippen LogP contribution in [-0.4, -0.2) is 59.9 Å². The Kier molecular flexibility index (Phi) is 5.97. The van der Waals surface area contributed by atoms with Gasteiger partial charge in [0, 0.05) is 42.8 Å². The Hall–Kier alpha value is -2.96. The molecule has 0 saturated carbocycles. The second-order valence-electron chi connectivity index (χ2n) is 7.16. The van der Waals surface area contributed by atoms with Crippen LogP contribution < -0.4 is 0 Å². The second kappa shape index (κ2) is 8.81. The molecule has 1 fully saturated rings. The smallest absolute Gasteiger partial charge is 0.327 e. The van der Waals surface area contributed by atoms with E-state index in [0.29, 0.717) is 42.5 Å². The van der Waals surface area contributed by atoms with Crippen LogP contribution in [0.1, 0.15) is 22.1 Å². The van der Waals surface area contributed by atoms with E-state index < -0.39 is 6.04 Å². The maximum atomic E-state index is 13.1. The first-order valence-electron chi connectivity index (χ1n) is 9.79. The Balaban J connectivity index is 1.53. The Morgan fingerprint density at radius 3 is 2.43 bits per heavy atom. The van der Waals surface area contributed by atoms with Crippen molar-refractivity contribution in [3.63, 3.8) is 0 Å². The van der Waals surface area contributed by atoms with Crippen LogP contribution in [0.2, 0.25) is 5.02 Å². The second-order valence-corrected chi connectivity index (χ2v) is 7.56. The van der Waals surface area contributed by atoms with E-state index in [9.17, 15) is 9.59 Å². The van der Waals surface area contributed by atoms with Gasteiger partial charge < -0.3 is 9.64 Å². The molecule has 0 spiro atoms. The van der Waals surface area contributed by atoms with Gasteiger partial charge in [0.05, 0.1) is 7.11 Å². The summed E-state index contributed by atoms with van der Waals surface area (Å²) in [5.41, 5.74) is 1.17. The normalized spacial score (nSPS) is 15.7. The summed E-state index contributed by atoms with van der Waals surface area (Å²) in [7, 11) is 1.37. The van der Waals surface area contributed by atoms with Crippen molar-refractivity contribution in [2.75, 3.05) is 33.3 Å². The van der Waals surface area contributed by atoms with Crippen LogP contribution in [0.15, 0.2) is 60.8 Å². The molecule has 0 aliphatic carbocycles. The summed E-state index contributed by atoms with van der Waals surface area (Å²) in [5.74, 6) is -0.461. The van der Waals surface area contributed by atoms with Crippen molar-refractivity contribution in [3.05, 3.63) is 77.1 Å². The van der Waals surface area contributed by atoms with E-state index in [1.165, 1.54) is 7.11 Å². The van der Waals surface area contributed by atoms with Gasteiger partial charge in [0.1, 0.15) is 11.7 Å². The van der Waals surface area contributed by atoms with E-state index in [2.05, 4.69) is 4.98 Å². The number of halogens is 1. The fourth-order valence-electron chi connectivity index (χ4n) is 3.90. The average Bonchev–Trinajstić information content (AvgIpc) is 2.80. The lowest BCUT2D eigenvalue weighted by atomic mass is 10.0. The number of methoxy groups -OCH3 is 1. The maximum absolute atomic E-state index is 13.1. The van der Waals surface area contributed by atoms with Gasteiger partial charge in [0.15, 0.2) is 0 Å². The van der Waals surface area contributed by atoms with E-state index in [-0.39, 0.29) is 11.9 Å². The van der Waals surface area contributed by atoms with Crippen LogP contribution in [-0.2, 0) is 9.53 Å². The molecule has 0 bridgehead atoms. The summed E-state index contributed by atoms with van der Waals surface area (Å²) in [6, 6.07) is 16.3. The molecule has 4 rings (SSSR count). The van der Waals surface area contributed by atoms with Crippen LogP contribution in [0.3, 0.4) is 0 Å². The fraction of sp³-hybridized carbons (Fsp3) is 0.261. The number of piperazine rings is 1. The molecular formula is C23H22ClN3O3. The SMILES string of the molecule is COC(=O)C(c1ccccc1Cl)N1CCN(C(=O)c2nccc3ccccc23)CC1. The van der Waals surface area contributed by atoms with Gasteiger partial charge in [0.25, 0.3) is 5.91 Å². The number of pyridine rings is 1. The lowest BCUT2D eigenvalue weighted by Crippen LogP contribution is -2.51. The van der Waals surface area contributed by atoms with Crippen molar-refractivity contribution >= 4 is 34.2 Å². The standard InChI is InChI=1S/C23H22ClN3O3/c1-30-23(29)21(18-8-4-5-9-19(18)24)26-12-14-27(15-13-26)22(28)20-17-7-3-2-6-16(17)10-11-25-20/h2-11,21H,12-15H2,1H3. The fourth-order valence-corrected chi connectivity index (χ4v) is 4.14. The maximum Gasteiger partial charge on any atom is 0.327 e. The summed E-state index contributed by atoms with van der Waals surface area (Å²) in [5, 5.41) is 2.35. The van der Waals surface area contributed by atoms with Gasteiger partial charge in [-0.15, -0.1) is 0 Å². The number of nitrogens with zero attached hydrogens (tertiary/aromatic N) is 3. The number of amides is 1. The molecule has 1 aliphatic rings. The number of fused-ring (bicyclic) bond motifs is 1. The number of hydrogen-bond acceptors (Lipinski definition) is 5. The molecule has 7 heteroatoms. The van der Waals surface area contributed by atoms with E-state index in [1.54, 1.807) is 17.2 Å². The van der Waals surface area contributed by atoms with Crippen molar-refractivity contribution in [2.45, 2.75) is 6.04 Å². The third-order valence-corrected chi connectivity index (χ3v) is 5.81. The molecular weight excluding hydrogens is 402 g/mol. The zero-order valence-electron chi connectivity index (χ0n) is 16.6. The van der Waals surface area contributed by atoms with Crippen LogP contribution in [0.4, 0.5) is 0 Å². The van der Waals surface area contributed by atoms with Gasteiger partial charge >= 0.3 is 5.97 Å². The molecule has 1 amide bonds. The third kappa shape index (κ3) is 3.88. The van der Waals surface area contributed by atoms with Gasteiger partial charge in [-0.25, -0.2) is 4.79 Å². The van der Waals surface area contributed by atoms with Crippen LogP contribution in [0, 0.1) is 0 Å². The van der Waals surface area contributed by atoms with E-state index in [0.717, 1.165) is 10.8 Å². The first kappa shape index (κ1) is 20.3. The van der Waals surface area contributed by atoms with Gasteiger partial charge in [-0.05, 0) is 23.1 Å². The van der Waals surface area contributed by atoms with E-state index >= 15 is 0 Å². The van der Waals surface area contributed by atoms with Gasteiger partial charge in [-0.1, -0.05) is 54.1 Å². The summed E-state index contributed by atoms with van der Waals surface area (Å²) in [6.07, 6.45) is 1.66. The van der Waals surface area contributed by atoms with Crippen molar-refractivity contribution in [1.82, 2.24) is 14.8 Å². The minimum absolute atomic E-state index is 0.0983. The zero-order valence-corrected chi connectivity index (χ0v) is 17.4. The largest absolute Gasteiger partial charge is 0.468 e. The predicted octanol–water partition coefficient (Wildman–Crippen LogP) is 3.56. The number of ether oxygens (including phenoxy) is 1. The number of hydrogen-bond donors (Lipinski definition) is 0. The van der Waals surface area contributed by atoms with Crippen LogP contribution in [0.25, 0.3) is 10.8 Å². The molecule has 1 atom stereocenters. The van der Waals surface area contributed by atoms with Crippen molar-refractivity contribution in [2.24, 2.45) is 0 Å². The minimum Gasteiger partial charge on any atom is -0.468 e. The van der Waals surface area contributed by atoms with Gasteiger partial charge in [-0.2, -0.15) is 0 Å². The molecule has 0 radical (unpaired) electrons. The molecule has 0 N–H and O–H groups in total. The Morgan fingerprint density at radius 1 is 1.00 bits per heavy atom. The topological polar surface area (TPSA) is 62.7 Å². The lowest BCUT2D eigenvalue weighted by molar-refractivity contribution is -0.148. The number of benzene rings is 2. The Morgan fingerprint density at radius 2 is 1.70 bits per heavy atom. The number of rotatable bonds is 4. The first-order chi connectivity index (χ1) is 14.6. The molecule has 1 aromatic heterocycles. The van der Waals surface area contributed by atoms with E-state index in [1.807, 2.05) is 53.4 Å². The molecule has 1 unspecified atom stereocenters. The van der Waals surface area contributed by atoms with Crippen LogP contribution >= 0.6 is 11.6 Å². The molecule has 6 nitrogen and oxygen atoms in total. The first-order valence-corrected chi connectivity index (χ1v) is 10.2. The Bertz CT molecular complexity index is 1070. The summed E-state index contributed by atoms with van der Waals surface area (Å²) >= 11 is 6.35. The van der Waals surface area contributed by atoms with Crippen molar-refractivity contribution in [3.8, 4) is 0 Å². The number of carbonyl (C=O) groups excluding carboxylic acids is 2. The zero-order chi connectivity index (χ0) is 21.1. The quantitative estimate of drug-likeness (QED) is 0.600. The number of esters is 1. The molecule has 30 heavy (non-hydrogen) atoms. The monoisotopic (exact) mass is 423 g/mol. The van der Waals surface area contributed by atoms with Gasteiger partial charge in [0.2, 0.25) is 0 Å². The summed E-state index contributed by atoms with van der Waals surface area (Å²) in [4.78, 5) is 33.8. The highest BCUT2D eigenvalue weighted by Gasteiger charge is 2.34. The third-order valence-electron chi connectivity index (χ3n) is 5.47. The average molecular weight is 424 g/mol. The highest BCUT2D eigenvalue weighted by Crippen LogP contribution is 2.30. The highest BCUT2D eigenvalue weighted by molar-refractivity contribution is 6.31. The summed E-state index contributed by atoms with van der Waals surface area (Å²) < 4.78 is 5.04. The summed E-state index contributed by atoms with van der Waals surface area (Å²) in [6.45, 7) is 2.03. The molecule has 1 aliphatic heterocycles. The molecule has 3 aromatic rings. The number of aromatic nitrogens is 1. The van der Waals surface area contributed by atoms with E-state index in [4.69, 9.17) is 16.3 Å². The van der Waals surface area contributed by atoms with Gasteiger partial charge in [-0.3, -0.25) is 14.7 Å². The molecule has 1 saturated heterocycles. The number of carbonyl (C=O) groups is 2. The molecule has 154 valence electrons. The van der Waals surface area contributed by atoms with Crippen molar-refractivity contribution in [1.29, 1.82) is 0 Å². The molecule has 2 heterocycles. The minimum atomic E-state index is -0.600. The predicted molar refractivity (Wildman–Crippen MR) is 115 cm³/mol. The molecule has 2 aromatic carbocycles. The highest BCUT2D eigenvalue weighted by atomic mass is 35.5. The van der Waals surface area contributed by atoms with Crippen LogP contribution in [0.5, 0.6) is 0 Å². The lowest BCUT2D eigenvalue weighted by Gasteiger charge is -2.38.